The van der Waals surface area contributed by atoms with E-state index in [4.69, 9.17) is 4.74 Å². The highest BCUT2D eigenvalue weighted by atomic mass is 32.2. The van der Waals surface area contributed by atoms with E-state index < -0.39 is 21.3 Å². The second-order valence-electron chi connectivity index (χ2n) is 13.7. The van der Waals surface area contributed by atoms with E-state index in [1.807, 2.05) is 20.0 Å². The molecule has 0 aromatic carbocycles. The Bertz CT molecular complexity index is 1880. The predicted molar refractivity (Wildman–Crippen MR) is 182 cm³/mol. The molecule has 16 heteroatoms. The largest absolute Gasteiger partial charge is 0.473 e. The van der Waals surface area contributed by atoms with Crippen molar-refractivity contribution in [2.75, 3.05) is 37.4 Å². The lowest BCUT2D eigenvalue weighted by Crippen LogP contribution is -2.43. The second-order valence-corrected chi connectivity index (χ2v) is 15.8. The molecule has 5 heterocycles. The normalized spacial score (nSPS) is 22.8. The summed E-state index contributed by atoms with van der Waals surface area (Å²) in [5, 5.41) is 21.0. The van der Waals surface area contributed by atoms with Crippen LogP contribution in [0, 0.1) is 0 Å². The number of aromatic nitrogens is 7. The zero-order chi connectivity index (χ0) is 34.2. The summed E-state index contributed by atoms with van der Waals surface area (Å²) in [5.74, 6) is 1.54. The van der Waals surface area contributed by atoms with Crippen LogP contribution >= 0.6 is 0 Å². The molecular formula is C33H41FN10O4S. The maximum atomic E-state index is 15.2. The fraction of sp³-hybridized carbons (Fsp3) is 0.515. The van der Waals surface area contributed by atoms with Crippen molar-refractivity contribution >= 4 is 27.3 Å². The number of hydrogen-bond acceptors (Lipinski definition) is 13. The van der Waals surface area contributed by atoms with E-state index in [1.165, 1.54) is 18.6 Å². The van der Waals surface area contributed by atoms with Crippen molar-refractivity contribution < 1.29 is 22.7 Å². The number of anilines is 3. The van der Waals surface area contributed by atoms with Gasteiger partial charge in [0.15, 0.2) is 5.82 Å². The Morgan fingerprint density at radius 1 is 1.00 bits per heavy atom. The summed E-state index contributed by atoms with van der Waals surface area (Å²) < 4.78 is 47.1. The van der Waals surface area contributed by atoms with Gasteiger partial charge in [-0.15, -0.1) is 0 Å². The van der Waals surface area contributed by atoms with Crippen LogP contribution in [0.25, 0.3) is 22.6 Å². The number of rotatable bonds is 11. The molecule has 49 heavy (non-hydrogen) atoms. The van der Waals surface area contributed by atoms with Crippen molar-refractivity contribution in [3.8, 4) is 28.5 Å². The lowest BCUT2D eigenvalue weighted by Gasteiger charge is -2.34. The van der Waals surface area contributed by atoms with Crippen molar-refractivity contribution in [2.45, 2.75) is 80.9 Å². The number of piperidine rings is 1. The van der Waals surface area contributed by atoms with Crippen molar-refractivity contribution in [1.82, 2.24) is 39.0 Å². The van der Waals surface area contributed by atoms with Gasteiger partial charge in [0.25, 0.3) is 10.0 Å². The maximum absolute atomic E-state index is 15.2. The molecule has 14 nitrogen and oxygen atoms in total. The van der Waals surface area contributed by atoms with Gasteiger partial charge in [-0.2, -0.15) is 9.19 Å². The van der Waals surface area contributed by atoms with Crippen LogP contribution in [0.15, 0.2) is 49.3 Å². The molecule has 1 aliphatic heterocycles. The zero-order valence-electron chi connectivity index (χ0n) is 27.6. The smallest absolute Gasteiger partial charge is 0.256 e. The van der Waals surface area contributed by atoms with Crippen LogP contribution in [0.3, 0.4) is 0 Å². The Labute approximate surface area is 284 Å². The third kappa shape index (κ3) is 7.81. The third-order valence-electron chi connectivity index (χ3n) is 9.53. The highest BCUT2D eigenvalue weighted by molar-refractivity contribution is 7.90. The molecule has 4 aromatic rings. The first kappa shape index (κ1) is 33.2. The lowest BCUT2D eigenvalue weighted by atomic mass is 9.83. The molecular weight excluding hydrogens is 651 g/mol. The molecule has 2 aliphatic carbocycles. The Kier molecular flexibility index (Phi) is 8.96. The second kappa shape index (κ2) is 13.2. The van der Waals surface area contributed by atoms with E-state index >= 15 is 4.39 Å². The number of aliphatic hydroxyl groups is 1. The molecule has 1 saturated heterocycles. The fourth-order valence-corrected chi connectivity index (χ4v) is 7.60. The molecule has 260 valence electrons. The average Bonchev–Trinajstić information content (AvgIpc) is 3.84. The van der Waals surface area contributed by atoms with Crippen molar-refractivity contribution in [3.63, 3.8) is 0 Å². The average molecular weight is 693 g/mol. The van der Waals surface area contributed by atoms with Crippen molar-refractivity contribution in [3.05, 3.63) is 49.3 Å². The Morgan fingerprint density at radius 2 is 1.78 bits per heavy atom. The highest BCUT2D eigenvalue weighted by Gasteiger charge is 2.38. The van der Waals surface area contributed by atoms with Gasteiger partial charge in [0.1, 0.15) is 23.9 Å². The number of alkyl halides is 1. The van der Waals surface area contributed by atoms with E-state index in [1.54, 1.807) is 24.7 Å². The van der Waals surface area contributed by atoms with Gasteiger partial charge in [0.2, 0.25) is 5.88 Å². The fourth-order valence-electron chi connectivity index (χ4n) is 6.12. The van der Waals surface area contributed by atoms with E-state index in [0.717, 1.165) is 22.6 Å². The Morgan fingerprint density at radius 3 is 2.49 bits per heavy atom. The molecule has 2 saturated carbocycles. The Balaban J connectivity index is 1.09. The van der Waals surface area contributed by atoms with Gasteiger partial charge in [0, 0.05) is 48.8 Å². The van der Waals surface area contributed by atoms with Gasteiger partial charge >= 0.3 is 0 Å². The van der Waals surface area contributed by atoms with Gasteiger partial charge in [0.05, 0.1) is 46.9 Å². The molecule has 0 unspecified atom stereocenters. The summed E-state index contributed by atoms with van der Waals surface area (Å²) in [4.78, 5) is 24.6. The molecule has 0 amide bonds. The monoisotopic (exact) mass is 692 g/mol. The Hall–Kier alpha value is -4.28. The van der Waals surface area contributed by atoms with Crippen LogP contribution in [0.1, 0.15) is 58.3 Å². The maximum Gasteiger partial charge on any atom is 0.256 e. The first-order chi connectivity index (χ1) is 23.4. The summed E-state index contributed by atoms with van der Waals surface area (Å²) in [6.07, 6.45) is 14.3. The lowest BCUT2D eigenvalue weighted by molar-refractivity contribution is 0.0196. The minimum absolute atomic E-state index is 0.0677. The minimum atomic E-state index is -3.51. The van der Waals surface area contributed by atoms with Gasteiger partial charge in [-0.1, -0.05) is 0 Å². The van der Waals surface area contributed by atoms with Gasteiger partial charge in [-0.3, -0.25) is 0 Å². The summed E-state index contributed by atoms with van der Waals surface area (Å²) in [7, 11) is -1.52. The SMILES string of the molecule is CN1CCC(F)(COc2cnc(-c3cnc(Nc4ccnc(-c5cnn(S(=O)(=O)C6CC6)c5)n4)cc3NC3CCC(C)(O)CC3)cn2)CC1. The number of ether oxygens (including phenoxy) is 1. The zero-order valence-corrected chi connectivity index (χ0v) is 28.4. The predicted octanol–water partition coefficient (Wildman–Crippen LogP) is 4.19. The van der Waals surface area contributed by atoms with Crippen LogP contribution in [0.4, 0.5) is 21.7 Å². The number of nitrogens with one attached hydrogen (secondary N) is 2. The summed E-state index contributed by atoms with van der Waals surface area (Å²) in [6.45, 7) is 3.18. The number of likely N-dealkylation sites (tertiary alicyclic amines) is 1. The highest BCUT2D eigenvalue weighted by Crippen LogP contribution is 2.35. The first-order valence-electron chi connectivity index (χ1n) is 16.7. The van der Waals surface area contributed by atoms with Crippen molar-refractivity contribution in [2.24, 2.45) is 0 Å². The van der Waals surface area contributed by atoms with E-state index in [-0.39, 0.29) is 23.8 Å². The van der Waals surface area contributed by atoms with Gasteiger partial charge in [-0.05, 0) is 71.4 Å². The van der Waals surface area contributed by atoms with E-state index in [2.05, 4.69) is 45.6 Å². The minimum Gasteiger partial charge on any atom is -0.473 e. The molecule has 0 radical (unpaired) electrons. The van der Waals surface area contributed by atoms with Crippen LogP contribution in [-0.2, 0) is 10.0 Å². The number of nitrogens with zero attached hydrogens (tertiary/aromatic N) is 8. The number of hydrogen-bond donors (Lipinski definition) is 3. The first-order valence-corrected chi connectivity index (χ1v) is 18.2. The van der Waals surface area contributed by atoms with Crippen LogP contribution < -0.4 is 15.4 Å². The summed E-state index contributed by atoms with van der Waals surface area (Å²) >= 11 is 0. The van der Waals surface area contributed by atoms with Crippen LogP contribution in [0.5, 0.6) is 5.88 Å². The van der Waals surface area contributed by atoms with Gasteiger partial charge in [-0.25, -0.2) is 37.7 Å². The quantitative estimate of drug-likeness (QED) is 0.204. The van der Waals surface area contributed by atoms with Crippen molar-refractivity contribution in [1.29, 1.82) is 0 Å². The standard InChI is InChI=1S/C33H41FN10O4S/c1-32(45)8-5-23(6-9-32)40-26-15-29(41-28-7-12-35-31(42-28)22-16-39-44(20-22)49(46,47)24-3-4-24)37-17-25(26)27-18-38-30(19-36-27)48-21-33(34)10-13-43(2)14-11-33/h7,12,15-20,23-24,45H,3-6,8-11,13-14,21H2,1-2H3,(H2,35,37,40,41,42). The van der Waals surface area contributed by atoms with Crippen LogP contribution in [0.2, 0.25) is 0 Å². The van der Waals surface area contributed by atoms with Gasteiger partial charge < -0.3 is 25.4 Å². The molecule has 7 rings (SSSR count). The molecule has 0 atom stereocenters. The number of halogens is 1. The van der Waals surface area contributed by atoms with Crippen LogP contribution in [-0.4, -0.2) is 102 Å². The molecule has 0 bridgehead atoms. The molecule has 4 aromatic heterocycles. The topological polar surface area (TPSA) is 173 Å². The molecule has 3 aliphatic rings. The van der Waals surface area contributed by atoms with E-state index in [9.17, 15) is 13.5 Å². The third-order valence-corrected chi connectivity index (χ3v) is 11.6. The molecule has 3 fully saturated rings. The summed E-state index contributed by atoms with van der Waals surface area (Å²) in [6, 6.07) is 3.68. The molecule has 0 spiro atoms. The number of pyridine rings is 1. The molecule has 3 N–H and O–H groups in total. The van der Waals surface area contributed by atoms with E-state index in [0.29, 0.717) is 85.9 Å². The summed E-state index contributed by atoms with van der Waals surface area (Å²) in [5.41, 5.74) is 0.459.